The van der Waals surface area contributed by atoms with Crippen LogP contribution in [-0.2, 0) is 6.54 Å². The molecular formula is C19H31F3IN5O. The topological polar surface area (TPSA) is 61.8 Å². The zero-order valence-electron chi connectivity index (χ0n) is 17.0. The molecule has 0 saturated carbocycles. The van der Waals surface area contributed by atoms with Crippen LogP contribution >= 0.6 is 24.0 Å². The molecule has 0 bridgehead atoms. The monoisotopic (exact) mass is 529 g/mol. The quantitative estimate of drug-likeness (QED) is 0.234. The van der Waals surface area contributed by atoms with Gasteiger partial charge in [-0.15, -0.1) is 24.0 Å². The second-order valence-corrected chi connectivity index (χ2v) is 7.00. The van der Waals surface area contributed by atoms with E-state index in [2.05, 4.69) is 37.2 Å². The molecule has 2 heterocycles. The lowest BCUT2D eigenvalue weighted by Crippen LogP contribution is -2.41. The zero-order valence-corrected chi connectivity index (χ0v) is 19.3. The summed E-state index contributed by atoms with van der Waals surface area (Å²) in [7, 11) is 1.70. The van der Waals surface area contributed by atoms with Gasteiger partial charge in [0.1, 0.15) is 0 Å². The van der Waals surface area contributed by atoms with Crippen LogP contribution in [0.25, 0.3) is 0 Å². The van der Waals surface area contributed by atoms with E-state index < -0.39 is 12.8 Å². The van der Waals surface area contributed by atoms with Crippen LogP contribution in [-0.4, -0.2) is 61.4 Å². The molecule has 2 rings (SSSR count). The molecule has 1 unspecified atom stereocenters. The molecule has 1 atom stereocenters. The molecule has 166 valence electrons. The Balaban J connectivity index is 0.00000420. The maximum atomic E-state index is 12.1. The van der Waals surface area contributed by atoms with Crippen LogP contribution in [0.3, 0.4) is 0 Å². The van der Waals surface area contributed by atoms with Crippen molar-refractivity contribution in [2.45, 2.75) is 51.4 Å². The van der Waals surface area contributed by atoms with Gasteiger partial charge >= 0.3 is 6.18 Å². The number of piperidine rings is 1. The summed E-state index contributed by atoms with van der Waals surface area (Å²) in [5.41, 5.74) is 0.824. The minimum Gasteiger partial charge on any atom is -0.468 e. The molecule has 0 aromatic carbocycles. The summed E-state index contributed by atoms with van der Waals surface area (Å²) < 4.78 is 41.0. The predicted molar refractivity (Wildman–Crippen MR) is 119 cm³/mol. The molecule has 10 heteroatoms. The number of aromatic nitrogens is 1. The number of guanidine groups is 1. The first-order valence-corrected chi connectivity index (χ1v) is 9.70. The first kappa shape index (κ1) is 25.7. The Morgan fingerprint density at radius 2 is 2.10 bits per heavy atom. The van der Waals surface area contributed by atoms with Crippen LogP contribution in [0.5, 0.6) is 5.88 Å². The molecule has 1 aromatic rings. The number of hydrogen-bond donors (Lipinski definition) is 2. The molecule has 0 amide bonds. The number of hydrogen-bond acceptors (Lipinski definition) is 4. The fraction of sp³-hybridized carbons (Fsp3) is 0.684. The van der Waals surface area contributed by atoms with E-state index in [1.807, 2.05) is 0 Å². The van der Waals surface area contributed by atoms with Gasteiger partial charge in [0.15, 0.2) is 12.6 Å². The van der Waals surface area contributed by atoms with E-state index in [0.717, 1.165) is 25.1 Å². The van der Waals surface area contributed by atoms with E-state index in [0.29, 0.717) is 18.5 Å². The van der Waals surface area contributed by atoms with E-state index in [1.165, 1.54) is 38.1 Å². The van der Waals surface area contributed by atoms with Gasteiger partial charge in [-0.25, -0.2) is 4.98 Å². The van der Waals surface area contributed by atoms with Crippen molar-refractivity contribution < 1.29 is 17.9 Å². The second-order valence-electron chi connectivity index (χ2n) is 7.00. The van der Waals surface area contributed by atoms with E-state index in [1.54, 1.807) is 13.1 Å². The highest BCUT2D eigenvalue weighted by Crippen LogP contribution is 2.17. The van der Waals surface area contributed by atoms with E-state index in [9.17, 15) is 13.2 Å². The summed E-state index contributed by atoms with van der Waals surface area (Å²) in [6, 6.07) is 3.77. The number of nitrogens with one attached hydrogen (secondary N) is 2. The zero-order chi connectivity index (χ0) is 20.4. The number of alkyl halides is 3. The molecule has 0 spiro atoms. The summed E-state index contributed by atoms with van der Waals surface area (Å²) in [4.78, 5) is 10.6. The van der Waals surface area contributed by atoms with Crippen LogP contribution in [0.4, 0.5) is 13.2 Å². The molecule has 6 nitrogen and oxygen atoms in total. The minimum absolute atomic E-state index is 0. The summed E-state index contributed by atoms with van der Waals surface area (Å²) in [5, 5.41) is 6.46. The summed E-state index contributed by atoms with van der Waals surface area (Å²) in [5.74, 6) is 0.639. The van der Waals surface area contributed by atoms with Crippen molar-refractivity contribution in [3.63, 3.8) is 0 Å². The van der Waals surface area contributed by atoms with Gasteiger partial charge in [-0.1, -0.05) is 12.5 Å². The first-order chi connectivity index (χ1) is 13.4. The third kappa shape index (κ3) is 10.3. The van der Waals surface area contributed by atoms with Crippen LogP contribution in [0.15, 0.2) is 23.3 Å². The minimum atomic E-state index is -4.37. The van der Waals surface area contributed by atoms with Crippen molar-refractivity contribution in [2.24, 2.45) is 4.99 Å². The molecule has 0 aliphatic carbocycles. The molecule has 1 aliphatic heterocycles. The smallest absolute Gasteiger partial charge is 0.422 e. The Morgan fingerprint density at radius 1 is 1.31 bits per heavy atom. The van der Waals surface area contributed by atoms with Gasteiger partial charge in [-0.3, -0.25) is 4.99 Å². The normalized spacial score (nSPS) is 18.1. The molecule has 1 aliphatic rings. The van der Waals surface area contributed by atoms with Crippen molar-refractivity contribution in [2.75, 3.05) is 33.3 Å². The van der Waals surface area contributed by atoms with Gasteiger partial charge < -0.3 is 20.3 Å². The number of halogens is 4. The Labute approximate surface area is 187 Å². The van der Waals surface area contributed by atoms with Crippen LogP contribution in [0.2, 0.25) is 0 Å². The number of likely N-dealkylation sites (tertiary alicyclic amines) is 1. The average molecular weight is 529 g/mol. The highest BCUT2D eigenvalue weighted by atomic mass is 127. The average Bonchev–Trinajstić information content (AvgIpc) is 2.67. The fourth-order valence-corrected chi connectivity index (χ4v) is 3.14. The van der Waals surface area contributed by atoms with Gasteiger partial charge in [-0.2, -0.15) is 13.2 Å². The predicted octanol–water partition coefficient (Wildman–Crippen LogP) is 3.57. The number of pyridine rings is 1. The van der Waals surface area contributed by atoms with Crippen molar-refractivity contribution >= 4 is 29.9 Å². The molecule has 0 radical (unpaired) electrons. The lowest BCUT2D eigenvalue weighted by atomic mass is 10.0. The number of rotatable bonds is 8. The van der Waals surface area contributed by atoms with E-state index in [-0.39, 0.29) is 29.9 Å². The van der Waals surface area contributed by atoms with Crippen molar-refractivity contribution in [3.05, 3.63) is 23.9 Å². The highest BCUT2D eigenvalue weighted by Gasteiger charge is 2.28. The Hall–Kier alpha value is -1.30. The summed E-state index contributed by atoms with van der Waals surface area (Å²) >= 11 is 0. The number of nitrogens with zero attached hydrogens (tertiary/aromatic N) is 3. The number of aliphatic imine (C=N–C) groups is 1. The molecule has 29 heavy (non-hydrogen) atoms. The Morgan fingerprint density at radius 3 is 2.72 bits per heavy atom. The van der Waals surface area contributed by atoms with Crippen molar-refractivity contribution in [1.82, 2.24) is 20.5 Å². The largest absolute Gasteiger partial charge is 0.468 e. The maximum Gasteiger partial charge on any atom is 0.422 e. The fourth-order valence-electron chi connectivity index (χ4n) is 3.14. The maximum absolute atomic E-state index is 12.1. The lowest BCUT2D eigenvalue weighted by Gasteiger charge is -2.33. The molecule has 2 N–H and O–H groups in total. The SMILES string of the molecule is CN=C(NCCCN1CCCCC1C)NCc1ccc(OCC(F)(F)F)nc1.I. The lowest BCUT2D eigenvalue weighted by molar-refractivity contribution is -0.154. The second kappa shape index (κ2) is 13.1. The summed E-state index contributed by atoms with van der Waals surface area (Å²) in [6.07, 6.45) is 2.06. The van der Waals surface area contributed by atoms with Gasteiger partial charge in [0.25, 0.3) is 0 Å². The van der Waals surface area contributed by atoms with Gasteiger partial charge in [0, 0.05) is 45.0 Å². The van der Waals surface area contributed by atoms with Gasteiger partial charge in [0.05, 0.1) is 0 Å². The first-order valence-electron chi connectivity index (χ1n) is 9.70. The third-order valence-corrected chi connectivity index (χ3v) is 4.72. The molecular weight excluding hydrogens is 498 g/mol. The summed E-state index contributed by atoms with van der Waals surface area (Å²) in [6.45, 7) is 4.50. The Kier molecular flexibility index (Phi) is 11.6. The van der Waals surface area contributed by atoms with Crippen LogP contribution in [0, 0.1) is 0 Å². The Bertz CT molecular complexity index is 613. The van der Waals surface area contributed by atoms with Gasteiger partial charge in [0.2, 0.25) is 5.88 Å². The standard InChI is InChI=1S/C19H30F3N5O.HI/c1-15-6-3-4-10-27(15)11-5-9-24-18(23-2)26-13-16-7-8-17(25-12-16)28-14-19(20,21)22;/h7-8,12,15H,3-6,9-11,13-14H2,1-2H3,(H2,23,24,26);1H. The molecule has 1 fully saturated rings. The molecule has 1 aromatic heterocycles. The number of ether oxygens (including phenoxy) is 1. The van der Waals surface area contributed by atoms with Gasteiger partial charge in [-0.05, 0) is 38.3 Å². The van der Waals surface area contributed by atoms with Crippen LogP contribution < -0.4 is 15.4 Å². The van der Waals surface area contributed by atoms with E-state index >= 15 is 0 Å². The third-order valence-electron chi connectivity index (χ3n) is 4.72. The highest BCUT2D eigenvalue weighted by molar-refractivity contribution is 14.0. The van der Waals surface area contributed by atoms with Crippen molar-refractivity contribution in [1.29, 1.82) is 0 Å². The van der Waals surface area contributed by atoms with Crippen LogP contribution in [0.1, 0.15) is 38.2 Å². The molecule has 1 saturated heterocycles. The van der Waals surface area contributed by atoms with Crippen molar-refractivity contribution in [3.8, 4) is 5.88 Å². The van der Waals surface area contributed by atoms with E-state index in [4.69, 9.17) is 0 Å².